The molecule has 0 radical (unpaired) electrons. The molecule has 32 heavy (non-hydrogen) atoms. The summed E-state index contributed by atoms with van der Waals surface area (Å²) in [5.41, 5.74) is 4.61. The number of aryl methyl sites for hydroxylation is 4. The average Bonchev–Trinajstić information content (AvgIpc) is 3.21. The van der Waals surface area contributed by atoms with Gasteiger partial charge in [0.1, 0.15) is 0 Å². The van der Waals surface area contributed by atoms with Crippen LogP contribution in [0.25, 0.3) is 16.7 Å². The largest absolute Gasteiger partial charge is 0.385 e. The number of Topliss-reactive ketones (excluding diaryl/α,β-unsaturated/α-hetero) is 1. The average molecular weight is 451 g/mol. The van der Waals surface area contributed by atoms with Gasteiger partial charge < -0.3 is 4.74 Å². The fraction of sp³-hybridized carbons (Fsp3) is 0.333. The quantitative estimate of drug-likeness (QED) is 0.230. The number of nitrogens with zero attached hydrogens (tertiary/aromatic N) is 4. The zero-order valence-corrected chi connectivity index (χ0v) is 19.5. The van der Waals surface area contributed by atoms with Gasteiger partial charge in [0.15, 0.2) is 10.9 Å². The molecule has 4 aromatic rings. The molecule has 0 unspecified atom stereocenters. The number of fused-ring (bicyclic) bond motifs is 3. The predicted molar refractivity (Wildman–Crippen MR) is 127 cm³/mol. The van der Waals surface area contributed by atoms with E-state index in [1.807, 2.05) is 61.6 Å². The lowest BCUT2D eigenvalue weighted by molar-refractivity contribution is 0.102. The second-order valence-electron chi connectivity index (χ2n) is 7.90. The zero-order chi connectivity index (χ0) is 22.8. The second kappa shape index (κ2) is 9.26. The summed E-state index contributed by atoms with van der Waals surface area (Å²) in [4.78, 5) is 26.0. The van der Waals surface area contributed by atoms with Gasteiger partial charge in [0.2, 0.25) is 5.78 Å². The molecule has 0 fully saturated rings. The number of carbonyl (C=O) groups is 1. The molecule has 0 atom stereocenters. The lowest BCUT2D eigenvalue weighted by Gasteiger charge is -2.11. The predicted octanol–water partition coefficient (Wildman–Crippen LogP) is 3.98. The molecule has 166 valence electrons. The number of rotatable bonds is 8. The van der Waals surface area contributed by atoms with Crippen molar-refractivity contribution in [2.24, 2.45) is 0 Å². The molecule has 0 saturated heterocycles. The summed E-state index contributed by atoms with van der Waals surface area (Å²) in [5, 5.41) is 9.82. The van der Waals surface area contributed by atoms with Crippen LogP contribution in [-0.4, -0.2) is 44.4 Å². The molecule has 0 aliphatic heterocycles. The first-order valence-corrected chi connectivity index (χ1v) is 11.5. The van der Waals surface area contributed by atoms with E-state index in [1.54, 1.807) is 11.7 Å². The Labute approximate surface area is 190 Å². The first-order chi connectivity index (χ1) is 15.4. The topological polar surface area (TPSA) is 78.5 Å². The normalized spacial score (nSPS) is 11.5. The van der Waals surface area contributed by atoms with E-state index < -0.39 is 0 Å². The van der Waals surface area contributed by atoms with Gasteiger partial charge in [-0.15, -0.1) is 10.2 Å². The van der Waals surface area contributed by atoms with Gasteiger partial charge in [0.25, 0.3) is 5.56 Å². The molecule has 2 aromatic carbocycles. The first kappa shape index (κ1) is 22.2. The van der Waals surface area contributed by atoms with Crippen LogP contribution in [-0.2, 0) is 11.3 Å². The molecule has 0 aliphatic carbocycles. The number of aromatic nitrogens is 4. The monoisotopic (exact) mass is 450 g/mol. The summed E-state index contributed by atoms with van der Waals surface area (Å²) in [5.74, 6) is 0.758. The summed E-state index contributed by atoms with van der Waals surface area (Å²) in [7, 11) is 1.64. The Morgan fingerprint density at radius 2 is 1.81 bits per heavy atom. The molecule has 7 nitrogen and oxygen atoms in total. The number of hydrogen-bond acceptors (Lipinski definition) is 6. The number of para-hydroxylation sites is 1. The molecule has 0 bridgehead atoms. The fourth-order valence-corrected chi connectivity index (χ4v) is 4.69. The Morgan fingerprint density at radius 1 is 1.06 bits per heavy atom. The van der Waals surface area contributed by atoms with Crippen LogP contribution < -0.4 is 5.56 Å². The van der Waals surface area contributed by atoms with Crippen molar-refractivity contribution in [2.45, 2.75) is 38.9 Å². The van der Waals surface area contributed by atoms with E-state index in [-0.39, 0.29) is 17.1 Å². The Bertz CT molecular complexity index is 1370. The van der Waals surface area contributed by atoms with Crippen molar-refractivity contribution in [3.05, 3.63) is 69.0 Å². The molecule has 2 aromatic heterocycles. The smallest absolute Gasteiger partial charge is 0.262 e. The molecule has 0 amide bonds. The van der Waals surface area contributed by atoms with Gasteiger partial charge in [0, 0.05) is 25.8 Å². The fourth-order valence-electron chi connectivity index (χ4n) is 3.86. The summed E-state index contributed by atoms with van der Waals surface area (Å²) >= 11 is 1.34. The molecule has 2 heterocycles. The maximum absolute atomic E-state index is 13.1. The third kappa shape index (κ3) is 4.08. The van der Waals surface area contributed by atoms with Gasteiger partial charge in [-0.2, -0.15) is 0 Å². The van der Waals surface area contributed by atoms with Crippen LogP contribution in [0.1, 0.15) is 33.5 Å². The first-order valence-electron chi connectivity index (χ1n) is 10.5. The summed E-state index contributed by atoms with van der Waals surface area (Å²) in [6.07, 6.45) is 0.685. The van der Waals surface area contributed by atoms with E-state index >= 15 is 0 Å². The van der Waals surface area contributed by atoms with Crippen LogP contribution in [0.2, 0.25) is 0 Å². The van der Waals surface area contributed by atoms with Crippen molar-refractivity contribution < 1.29 is 9.53 Å². The van der Waals surface area contributed by atoms with Gasteiger partial charge >= 0.3 is 0 Å². The van der Waals surface area contributed by atoms with Crippen molar-refractivity contribution >= 4 is 34.2 Å². The number of ether oxygens (including phenoxy) is 1. The lowest BCUT2D eigenvalue weighted by Crippen LogP contribution is -2.24. The van der Waals surface area contributed by atoms with Crippen molar-refractivity contribution in [2.75, 3.05) is 19.5 Å². The van der Waals surface area contributed by atoms with Crippen LogP contribution >= 0.6 is 11.8 Å². The Kier molecular flexibility index (Phi) is 6.43. The molecular weight excluding hydrogens is 424 g/mol. The van der Waals surface area contributed by atoms with Crippen LogP contribution in [0.4, 0.5) is 0 Å². The third-order valence-electron chi connectivity index (χ3n) is 5.68. The van der Waals surface area contributed by atoms with E-state index in [1.165, 1.54) is 17.3 Å². The van der Waals surface area contributed by atoms with E-state index in [2.05, 4.69) is 10.2 Å². The van der Waals surface area contributed by atoms with Gasteiger partial charge in [-0.05, 0) is 62.1 Å². The van der Waals surface area contributed by atoms with Crippen LogP contribution in [0.15, 0.2) is 46.3 Å². The number of carbonyl (C=O) groups excluding carboxylic acids is 1. The van der Waals surface area contributed by atoms with Gasteiger partial charge in [-0.25, -0.2) is 0 Å². The molecular formula is C24H26N4O3S. The number of benzene rings is 2. The van der Waals surface area contributed by atoms with Crippen molar-refractivity contribution in [1.29, 1.82) is 0 Å². The molecule has 4 rings (SSSR count). The molecule has 0 aliphatic rings. The van der Waals surface area contributed by atoms with Crippen molar-refractivity contribution in [3.63, 3.8) is 0 Å². The van der Waals surface area contributed by atoms with Gasteiger partial charge in [0.05, 0.1) is 16.7 Å². The van der Waals surface area contributed by atoms with Crippen molar-refractivity contribution in [3.8, 4) is 0 Å². The highest BCUT2D eigenvalue weighted by atomic mass is 32.2. The number of thioether (sulfide) groups is 1. The molecule has 0 spiro atoms. The molecule has 8 heteroatoms. The lowest BCUT2D eigenvalue weighted by atomic mass is 9.99. The van der Waals surface area contributed by atoms with Crippen LogP contribution in [0.5, 0.6) is 0 Å². The second-order valence-corrected chi connectivity index (χ2v) is 8.84. The van der Waals surface area contributed by atoms with E-state index in [0.717, 1.165) is 22.2 Å². The summed E-state index contributed by atoms with van der Waals surface area (Å²) < 4.78 is 8.64. The van der Waals surface area contributed by atoms with Crippen LogP contribution in [0, 0.1) is 20.8 Å². The van der Waals surface area contributed by atoms with E-state index in [9.17, 15) is 9.59 Å². The van der Waals surface area contributed by atoms with Crippen LogP contribution in [0.3, 0.4) is 0 Å². The molecule has 0 N–H and O–H groups in total. The number of ketones is 1. The highest BCUT2D eigenvalue weighted by molar-refractivity contribution is 7.99. The van der Waals surface area contributed by atoms with E-state index in [0.29, 0.717) is 35.9 Å². The highest BCUT2D eigenvalue weighted by Crippen LogP contribution is 2.24. The molecule has 0 saturated carbocycles. The summed E-state index contributed by atoms with van der Waals surface area (Å²) in [6.45, 7) is 7.04. The van der Waals surface area contributed by atoms with Gasteiger partial charge in [-0.3, -0.25) is 18.6 Å². The highest BCUT2D eigenvalue weighted by Gasteiger charge is 2.18. The number of methoxy groups -OCH3 is 1. The number of hydrogen-bond donors (Lipinski definition) is 0. The standard InChI is InChI=1S/C24H26N4O3S/c1-15-12-17(3)19(13-16(15)2)21(29)14-32-24-26-25-23-27(10-7-11-31-4)22(30)18-8-5-6-9-20(18)28(23)24/h5-6,8-9,12-13H,7,10-11,14H2,1-4H3. The maximum atomic E-state index is 13.1. The van der Waals surface area contributed by atoms with E-state index in [4.69, 9.17) is 4.74 Å². The Hall–Kier alpha value is -2.97. The van der Waals surface area contributed by atoms with Gasteiger partial charge in [-0.1, -0.05) is 30.0 Å². The van der Waals surface area contributed by atoms with Crippen molar-refractivity contribution in [1.82, 2.24) is 19.2 Å². The Balaban J connectivity index is 1.72. The maximum Gasteiger partial charge on any atom is 0.262 e. The Morgan fingerprint density at radius 3 is 2.59 bits per heavy atom. The minimum Gasteiger partial charge on any atom is -0.385 e. The zero-order valence-electron chi connectivity index (χ0n) is 18.7. The minimum atomic E-state index is -0.102. The third-order valence-corrected chi connectivity index (χ3v) is 6.61. The summed E-state index contributed by atoms with van der Waals surface area (Å²) in [6, 6.07) is 11.4. The minimum absolute atomic E-state index is 0.0464. The SMILES string of the molecule is COCCCn1c(=O)c2ccccc2n2c(SCC(=O)c3cc(C)c(C)cc3C)nnc12.